The van der Waals surface area contributed by atoms with Crippen LogP contribution in [0.1, 0.15) is 27.7 Å². The van der Waals surface area contributed by atoms with E-state index in [2.05, 4.69) is 9.88 Å². The van der Waals surface area contributed by atoms with Crippen molar-refractivity contribution in [3.63, 3.8) is 0 Å². The average Bonchev–Trinajstić information content (AvgIpc) is 2.69. The van der Waals surface area contributed by atoms with Crippen molar-refractivity contribution < 1.29 is 14.0 Å². The summed E-state index contributed by atoms with van der Waals surface area (Å²) in [5, 5.41) is 0.502. The first-order chi connectivity index (χ1) is 10.3. The second kappa shape index (κ2) is 5.67. The van der Waals surface area contributed by atoms with Gasteiger partial charge in [-0.2, -0.15) is 0 Å². The monoisotopic (exact) mass is 324 g/mol. The second-order valence-corrected chi connectivity index (χ2v) is 7.12. The quantitative estimate of drug-likeness (QED) is 0.614. The van der Waals surface area contributed by atoms with Crippen LogP contribution in [0, 0.1) is 0 Å². The van der Waals surface area contributed by atoms with Gasteiger partial charge in [0, 0.05) is 24.7 Å². The predicted molar refractivity (Wildman–Crippen MR) is 88.0 cm³/mol. The summed E-state index contributed by atoms with van der Waals surface area (Å²) >= 11 is 6.27. The van der Waals surface area contributed by atoms with Gasteiger partial charge in [-0.05, 0) is 33.8 Å². The van der Waals surface area contributed by atoms with Crippen molar-refractivity contribution >= 4 is 29.9 Å². The zero-order chi connectivity index (χ0) is 16.0. The molecule has 0 saturated carbocycles. The number of aromatic nitrogens is 1. The fourth-order valence-electron chi connectivity index (χ4n) is 2.59. The molecule has 5 nitrogen and oxygen atoms in total. The fourth-order valence-corrected chi connectivity index (χ4v) is 2.81. The van der Waals surface area contributed by atoms with E-state index >= 15 is 0 Å². The molecule has 2 fully saturated rings. The first-order valence-corrected chi connectivity index (χ1v) is 8.02. The van der Waals surface area contributed by atoms with Crippen LogP contribution in [0.25, 0.3) is 0 Å². The number of ether oxygens (including phenoxy) is 1. The summed E-state index contributed by atoms with van der Waals surface area (Å²) in [6, 6.07) is 2.02. The number of morpholine rings is 1. The summed E-state index contributed by atoms with van der Waals surface area (Å²) in [5.41, 5.74) is 1.08. The molecule has 22 heavy (non-hydrogen) atoms. The molecule has 2 saturated heterocycles. The van der Waals surface area contributed by atoms with Crippen LogP contribution in [0.15, 0.2) is 12.3 Å². The zero-order valence-corrected chi connectivity index (χ0v) is 14.3. The van der Waals surface area contributed by atoms with Crippen LogP contribution in [0.2, 0.25) is 5.15 Å². The third-order valence-electron chi connectivity index (χ3n) is 4.72. The molecule has 0 unspecified atom stereocenters. The third kappa shape index (κ3) is 2.85. The Kier molecular flexibility index (Phi) is 4.14. The Morgan fingerprint density at radius 1 is 1.14 bits per heavy atom. The molecular weight excluding hydrogens is 302 g/mol. The van der Waals surface area contributed by atoms with Crippen molar-refractivity contribution in [2.24, 2.45) is 0 Å². The highest BCUT2D eigenvalue weighted by molar-refractivity contribution is 6.62. The molecular formula is C15H22BClN2O3. The van der Waals surface area contributed by atoms with Gasteiger partial charge in [-0.15, -0.1) is 0 Å². The molecule has 1 aromatic rings. The van der Waals surface area contributed by atoms with Crippen LogP contribution in [0.3, 0.4) is 0 Å². The van der Waals surface area contributed by atoms with Gasteiger partial charge in [-0.25, -0.2) is 4.98 Å². The molecule has 1 aromatic heterocycles. The number of nitrogens with zero attached hydrogens (tertiary/aromatic N) is 2. The van der Waals surface area contributed by atoms with Crippen LogP contribution in [-0.4, -0.2) is 49.6 Å². The van der Waals surface area contributed by atoms with E-state index in [0.717, 1.165) is 24.2 Å². The molecule has 2 aliphatic rings. The molecule has 0 N–H and O–H groups in total. The minimum atomic E-state index is -0.422. The Hall–Kier alpha value is -0.815. The van der Waals surface area contributed by atoms with Gasteiger partial charge in [0.15, 0.2) is 5.15 Å². The fraction of sp³-hybridized carbons (Fsp3) is 0.667. The summed E-state index contributed by atoms with van der Waals surface area (Å²) in [6.45, 7) is 11.2. The summed E-state index contributed by atoms with van der Waals surface area (Å²) in [4.78, 5) is 6.51. The van der Waals surface area contributed by atoms with Gasteiger partial charge in [-0.1, -0.05) is 11.6 Å². The molecule has 0 aromatic carbocycles. The van der Waals surface area contributed by atoms with Crippen LogP contribution in [0.4, 0.5) is 5.69 Å². The minimum absolute atomic E-state index is 0.365. The average molecular weight is 325 g/mol. The molecule has 120 valence electrons. The Bertz CT molecular complexity index is 546. The van der Waals surface area contributed by atoms with Crippen LogP contribution >= 0.6 is 11.6 Å². The van der Waals surface area contributed by atoms with E-state index in [4.69, 9.17) is 25.6 Å². The Morgan fingerprint density at radius 2 is 1.73 bits per heavy atom. The Morgan fingerprint density at radius 3 is 2.32 bits per heavy atom. The molecule has 2 aliphatic heterocycles. The number of hydrogen-bond donors (Lipinski definition) is 0. The normalized spacial score (nSPS) is 23.9. The van der Waals surface area contributed by atoms with Crippen LogP contribution in [-0.2, 0) is 14.0 Å². The number of halogens is 1. The van der Waals surface area contributed by atoms with Crippen molar-refractivity contribution in [2.75, 3.05) is 31.2 Å². The van der Waals surface area contributed by atoms with E-state index in [1.165, 1.54) is 0 Å². The highest BCUT2D eigenvalue weighted by Gasteiger charge is 2.52. The van der Waals surface area contributed by atoms with Gasteiger partial charge in [0.1, 0.15) is 0 Å². The smallest absolute Gasteiger partial charge is 0.399 e. The Balaban J connectivity index is 1.87. The van der Waals surface area contributed by atoms with Gasteiger partial charge >= 0.3 is 7.12 Å². The molecule has 0 amide bonds. The van der Waals surface area contributed by atoms with E-state index in [1.54, 1.807) is 6.20 Å². The topological polar surface area (TPSA) is 43.8 Å². The van der Waals surface area contributed by atoms with Crippen molar-refractivity contribution in [2.45, 2.75) is 38.9 Å². The van der Waals surface area contributed by atoms with Crippen LogP contribution < -0.4 is 10.4 Å². The maximum Gasteiger partial charge on any atom is 0.496 e. The zero-order valence-electron chi connectivity index (χ0n) is 13.6. The van der Waals surface area contributed by atoms with Gasteiger partial charge in [0.05, 0.1) is 30.1 Å². The lowest BCUT2D eigenvalue weighted by molar-refractivity contribution is 0.00578. The lowest BCUT2D eigenvalue weighted by Gasteiger charge is -2.32. The first-order valence-electron chi connectivity index (χ1n) is 7.64. The molecule has 0 aliphatic carbocycles. The maximum absolute atomic E-state index is 6.27. The largest absolute Gasteiger partial charge is 0.496 e. The van der Waals surface area contributed by atoms with E-state index < -0.39 is 7.12 Å². The predicted octanol–water partition coefficient (Wildman–Crippen LogP) is 1.87. The van der Waals surface area contributed by atoms with Gasteiger partial charge in [-0.3, -0.25) is 0 Å². The van der Waals surface area contributed by atoms with Crippen molar-refractivity contribution in [3.05, 3.63) is 17.4 Å². The number of pyridine rings is 1. The summed E-state index contributed by atoms with van der Waals surface area (Å²) in [7, 11) is -0.422. The Labute approximate surface area is 137 Å². The molecule has 0 spiro atoms. The molecule has 0 atom stereocenters. The molecule has 3 heterocycles. The van der Waals surface area contributed by atoms with Crippen molar-refractivity contribution in [3.8, 4) is 0 Å². The van der Waals surface area contributed by atoms with Crippen molar-refractivity contribution in [1.29, 1.82) is 0 Å². The third-order valence-corrected chi connectivity index (χ3v) is 5.01. The summed E-state index contributed by atoms with van der Waals surface area (Å²) < 4.78 is 17.6. The maximum atomic E-state index is 6.27. The first kappa shape index (κ1) is 16.1. The lowest BCUT2D eigenvalue weighted by atomic mass is 9.80. The highest BCUT2D eigenvalue weighted by atomic mass is 35.5. The van der Waals surface area contributed by atoms with Gasteiger partial charge in [0.25, 0.3) is 0 Å². The summed E-state index contributed by atoms with van der Waals surface area (Å²) in [6.07, 6.45) is 1.73. The van der Waals surface area contributed by atoms with E-state index in [9.17, 15) is 0 Å². The van der Waals surface area contributed by atoms with E-state index in [0.29, 0.717) is 18.4 Å². The highest BCUT2D eigenvalue weighted by Crippen LogP contribution is 2.36. The van der Waals surface area contributed by atoms with Gasteiger partial charge in [0.2, 0.25) is 0 Å². The molecule has 3 rings (SSSR count). The molecule has 7 heteroatoms. The molecule has 0 radical (unpaired) electrons. The van der Waals surface area contributed by atoms with Gasteiger partial charge < -0.3 is 18.9 Å². The van der Waals surface area contributed by atoms with E-state index in [1.807, 2.05) is 33.8 Å². The SMILES string of the molecule is CC1(C)OB(c2cnc(Cl)c(N3CCOCC3)c2)OC1(C)C. The standard InChI is InChI=1S/C15H22BClN2O3/c1-14(2)15(3,4)22-16(21-14)11-9-12(13(17)18-10-11)19-5-7-20-8-6-19/h9-10H,5-8H2,1-4H3. The number of hydrogen-bond acceptors (Lipinski definition) is 5. The van der Waals surface area contributed by atoms with E-state index in [-0.39, 0.29) is 11.2 Å². The van der Waals surface area contributed by atoms with Crippen LogP contribution in [0.5, 0.6) is 0 Å². The lowest BCUT2D eigenvalue weighted by Crippen LogP contribution is -2.41. The number of rotatable bonds is 2. The minimum Gasteiger partial charge on any atom is -0.399 e. The molecule has 0 bridgehead atoms. The van der Waals surface area contributed by atoms with Crippen molar-refractivity contribution in [1.82, 2.24) is 4.98 Å². The number of anilines is 1. The summed E-state index contributed by atoms with van der Waals surface area (Å²) in [5.74, 6) is 0. The second-order valence-electron chi connectivity index (χ2n) is 6.77.